The number of rotatable bonds is 3. The first-order valence-electron chi connectivity index (χ1n) is 4.97. The minimum absolute atomic E-state index is 0.186. The summed E-state index contributed by atoms with van der Waals surface area (Å²) in [5.74, 6) is -3.43. The van der Waals surface area contributed by atoms with E-state index < -0.39 is 35.1 Å². The molecule has 1 amide bonds. The fourth-order valence-electron chi connectivity index (χ4n) is 1.46. The molecule has 1 saturated carbocycles. The molecule has 0 unspecified atom stereocenters. The number of aromatic carboxylic acids is 1. The molecule has 0 aliphatic heterocycles. The highest BCUT2D eigenvalue weighted by Crippen LogP contribution is 2.49. The van der Waals surface area contributed by atoms with E-state index in [0.717, 1.165) is 12.1 Å². The number of carbonyl (C=O) groups excluding carboxylic acids is 1. The lowest BCUT2D eigenvalue weighted by Crippen LogP contribution is -2.47. The third-order valence-corrected chi connectivity index (χ3v) is 2.69. The van der Waals surface area contributed by atoms with Gasteiger partial charge >= 0.3 is 12.1 Å². The van der Waals surface area contributed by atoms with E-state index in [2.05, 4.69) is 4.42 Å². The molecule has 1 aliphatic carbocycles. The Labute approximate surface area is 98.6 Å². The van der Waals surface area contributed by atoms with Crippen molar-refractivity contribution < 1.29 is 32.3 Å². The average Bonchev–Trinajstić information content (AvgIpc) is 2.87. The van der Waals surface area contributed by atoms with Crippen LogP contribution in [0, 0.1) is 0 Å². The molecule has 1 heterocycles. The van der Waals surface area contributed by atoms with Crippen molar-refractivity contribution in [2.45, 2.75) is 24.6 Å². The lowest BCUT2D eigenvalue weighted by molar-refractivity contribution is -0.163. The van der Waals surface area contributed by atoms with E-state index in [4.69, 9.17) is 5.11 Å². The predicted octanol–water partition coefficient (Wildman–Crippen LogP) is 1.80. The molecule has 0 atom stereocenters. The number of alkyl halides is 3. The number of carboxylic acid groups (broad SMARTS) is 1. The van der Waals surface area contributed by atoms with Crippen LogP contribution in [-0.2, 0) is 0 Å². The van der Waals surface area contributed by atoms with E-state index in [0.29, 0.717) is 0 Å². The van der Waals surface area contributed by atoms with Crippen LogP contribution < -0.4 is 5.32 Å². The molecule has 0 radical (unpaired) electrons. The molecule has 0 aromatic carbocycles. The topological polar surface area (TPSA) is 79.5 Å². The maximum absolute atomic E-state index is 12.6. The summed E-state index contributed by atoms with van der Waals surface area (Å²) in [7, 11) is 0. The number of hydrogen-bond donors (Lipinski definition) is 2. The van der Waals surface area contributed by atoms with Crippen LogP contribution in [-0.4, -0.2) is 28.7 Å². The smallest absolute Gasteiger partial charge is 0.411 e. The quantitative estimate of drug-likeness (QED) is 0.871. The third kappa shape index (κ3) is 2.05. The van der Waals surface area contributed by atoms with Gasteiger partial charge in [0, 0.05) is 0 Å². The molecule has 5 nitrogen and oxygen atoms in total. The van der Waals surface area contributed by atoms with Gasteiger partial charge in [0.05, 0.1) is 0 Å². The highest BCUT2D eigenvalue weighted by molar-refractivity contribution is 5.94. The standard InChI is InChI=1S/C10H8F3NO4/c11-10(12,13)9(3-4-9)14-7(15)5-1-2-6(18-5)8(16)17/h1-2H,3-4H2,(H,14,15)(H,16,17). The second-order valence-electron chi connectivity index (χ2n) is 4.00. The molecular formula is C10H8F3NO4. The zero-order valence-corrected chi connectivity index (χ0v) is 8.87. The number of hydrogen-bond acceptors (Lipinski definition) is 3. The minimum atomic E-state index is -4.52. The van der Waals surface area contributed by atoms with Gasteiger partial charge in [0.2, 0.25) is 5.76 Å². The summed E-state index contributed by atoms with van der Waals surface area (Å²) in [5, 5.41) is 10.4. The molecule has 18 heavy (non-hydrogen) atoms. The molecule has 0 saturated heterocycles. The Morgan fingerprint density at radius 2 is 1.83 bits per heavy atom. The Kier molecular flexibility index (Phi) is 2.60. The third-order valence-electron chi connectivity index (χ3n) is 2.69. The molecule has 8 heteroatoms. The first kappa shape index (κ1) is 12.5. The summed E-state index contributed by atoms with van der Waals surface area (Å²) in [5.41, 5.74) is -2.19. The molecule has 0 spiro atoms. The highest BCUT2D eigenvalue weighted by Gasteiger charge is 2.64. The summed E-state index contributed by atoms with van der Waals surface area (Å²) in [4.78, 5) is 22.0. The molecule has 2 N–H and O–H groups in total. The van der Waals surface area contributed by atoms with Gasteiger partial charge in [0.1, 0.15) is 5.54 Å². The van der Waals surface area contributed by atoms with Gasteiger partial charge in [0.15, 0.2) is 5.76 Å². The Hall–Kier alpha value is -1.99. The maximum Gasteiger partial charge on any atom is 0.411 e. The Morgan fingerprint density at radius 3 is 2.22 bits per heavy atom. The lowest BCUT2D eigenvalue weighted by atomic mass is 10.2. The van der Waals surface area contributed by atoms with Crippen LogP contribution >= 0.6 is 0 Å². The van der Waals surface area contributed by atoms with Gasteiger partial charge in [-0.15, -0.1) is 0 Å². The fourth-order valence-corrected chi connectivity index (χ4v) is 1.46. The van der Waals surface area contributed by atoms with Crippen molar-refractivity contribution in [3.63, 3.8) is 0 Å². The van der Waals surface area contributed by atoms with Crippen LogP contribution in [0.4, 0.5) is 13.2 Å². The van der Waals surface area contributed by atoms with Crippen LogP contribution in [0.1, 0.15) is 34.0 Å². The number of amides is 1. The van der Waals surface area contributed by atoms with E-state index in [9.17, 15) is 22.8 Å². The van der Waals surface area contributed by atoms with Crippen LogP contribution in [0.5, 0.6) is 0 Å². The summed E-state index contributed by atoms with van der Waals surface area (Å²) < 4.78 is 42.3. The predicted molar refractivity (Wildman–Crippen MR) is 51.2 cm³/mol. The maximum atomic E-state index is 12.6. The molecule has 2 rings (SSSR count). The summed E-state index contributed by atoms with van der Waals surface area (Å²) in [6.45, 7) is 0. The van der Waals surface area contributed by atoms with Gasteiger partial charge < -0.3 is 14.8 Å². The van der Waals surface area contributed by atoms with Crippen LogP contribution in [0.3, 0.4) is 0 Å². The van der Waals surface area contributed by atoms with Gasteiger partial charge in [-0.1, -0.05) is 0 Å². The van der Waals surface area contributed by atoms with Crippen molar-refractivity contribution in [3.8, 4) is 0 Å². The van der Waals surface area contributed by atoms with E-state index >= 15 is 0 Å². The average molecular weight is 263 g/mol. The Morgan fingerprint density at radius 1 is 1.28 bits per heavy atom. The molecule has 0 bridgehead atoms. The van der Waals surface area contributed by atoms with Gasteiger partial charge in [-0.25, -0.2) is 4.79 Å². The van der Waals surface area contributed by atoms with Crippen molar-refractivity contribution in [2.75, 3.05) is 0 Å². The van der Waals surface area contributed by atoms with Crippen molar-refractivity contribution in [2.24, 2.45) is 0 Å². The van der Waals surface area contributed by atoms with Crippen molar-refractivity contribution in [1.82, 2.24) is 5.32 Å². The monoisotopic (exact) mass is 263 g/mol. The zero-order chi connectivity index (χ0) is 13.6. The summed E-state index contributed by atoms with van der Waals surface area (Å²) in [6, 6.07) is 2.02. The normalized spacial score (nSPS) is 17.3. The molecular weight excluding hydrogens is 255 g/mol. The summed E-state index contributed by atoms with van der Waals surface area (Å²) >= 11 is 0. The Balaban J connectivity index is 2.11. The van der Waals surface area contributed by atoms with Crippen LogP contribution in [0.25, 0.3) is 0 Å². The molecule has 1 fully saturated rings. The molecule has 98 valence electrons. The number of nitrogens with one attached hydrogen (secondary N) is 1. The van der Waals surface area contributed by atoms with Crippen LogP contribution in [0.2, 0.25) is 0 Å². The van der Waals surface area contributed by atoms with Crippen molar-refractivity contribution in [1.29, 1.82) is 0 Å². The van der Waals surface area contributed by atoms with E-state index in [1.54, 1.807) is 0 Å². The summed E-state index contributed by atoms with van der Waals surface area (Å²) in [6.07, 6.45) is -4.89. The number of halogens is 3. The van der Waals surface area contributed by atoms with Crippen LogP contribution in [0.15, 0.2) is 16.5 Å². The first-order valence-corrected chi connectivity index (χ1v) is 4.97. The van der Waals surface area contributed by atoms with E-state index in [-0.39, 0.29) is 12.8 Å². The number of carbonyl (C=O) groups is 2. The first-order chi connectivity index (χ1) is 8.25. The number of furan rings is 1. The highest BCUT2D eigenvalue weighted by atomic mass is 19.4. The fraction of sp³-hybridized carbons (Fsp3) is 0.400. The van der Waals surface area contributed by atoms with Gasteiger partial charge in [-0.3, -0.25) is 4.79 Å². The van der Waals surface area contributed by atoms with Gasteiger partial charge in [-0.2, -0.15) is 13.2 Å². The van der Waals surface area contributed by atoms with Gasteiger partial charge in [0.25, 0.3) is 5.91 Å². The lowest BCUT2D eigenvalue weighted by Gasteiger charge is -2.19. The molecule has 1 aromatic rings. The van der Waals surface area contributed by atoms with Crippen molar-refractivity contribution in [3.05, 3.63) is 23.7 Å². The number of carboxylic acids is 1. The largest absolute Gasteiger partial charge is 0.475 e. The van der Waals surface area contributed by atoms with Crippen molar-refractivity contribution >= 4 is 11.9 Å². The van der Waals surface area contributed by atoms with Gasteiger partial charge in [-0.05, 0) is 25.0 Å². The molecule has 1 aliphatic rings. The second kappa shape index (κ2) is 3.76. The van der Waals surface area contributed by atoms with E-state index in [1.165, 1.54) is 0 Å². The second-order valence-corrected chi connectivity index (χ2v) is 4.00. The zero-order valence-electron chi connectivity index (χ0n) is 8.87. The SMILES string of the molecule is O=C(O)c1ccc(C(=O)NC2(C(F)(F)F)CC2)o1. The molecule has 1 aromatic heterocycles. The van der Waals surface area contributed by atoms with E-state index in [1.807, 2.05) is 5.32 Å². The minimum Gasteiger partial charge on any atom is -0.475 e. The Bertz CT molecular complexity index is 501.